The molecule has 0 unspecified atom stereocenters. The van der Waals surface area contributed by atoms with Gasteiger partial charge < -0.3 is 15.2 Å². The first-order valence-corrected chi connectivity index (χ1v) is 7.40. The molecule has 2 aromatic carbocycles. The van der Waals surface area contributed by atoms with E-state index in [1.165, 1.54) is 5.56 Å². The Morgan fingerprint density at radius 1 is 1.15 bits per heavy atom. The van der Waals surface area contributed by atoms with Gasteiger partial charge in [-0.3, -0.25) is 0 Å². The smallest absolute Gasteiger partial charge is 0.161 e. The molecule has 0 spiro atoms. The Balaban J connectivity index is 1.68. The summed E-state index contributed by atoms with van der Waals surface area (Å²) in [5, 5.41) is 0. The van der Waals surface area contributed by atoms with Gasteiger partial charge in [0.15, 0.2) is 11.5 Å². The van der Waals surface area contributed by atoms with E-state index in [-0.39, 0.29) is 12.1 Å². The number of hydrogen-bond acceptors (Lipinski definition) is 3. The third kappa shape index (κ3) is 2.97. The highest BCUT2D eigenvalue weighted by Gasteiger charge is 2.26. The van der Waals surface area contributed by atoms with Gasteiger partial charge in [0.05, 0.1) is 0 Å². The van der Waals surface area contributed by atoms with Gasteiger partial charge in [0.2, 0.25) is 0 Å². The largest absolute Gasteiger partial charge is 0.486 e. The molecule has 0 aromatic heterocycles. The molecule has 0 amide bonds. The second-order valence-corrected chi connectivity index (χ2v) is 5.83. The maximum Gasteiger partial charge on any atom is 0.161 e. The van der Waals surface area contributed by atoms with Crippen molar-refractivity contribution >= 4 is 15.9 Å². The molecule has 0 saturated carbocycles. The van der Waals surface area contributed by atoms with Crippen molar-refractivity contribution < 1.29 is 9.47 Å². The van der Waals surface area contributed by atoms with Gasteiger partial charge >= 0.3 is 0 Å². The van der Waals surface area contributed by atoms with Crippen molar-refractivity contribution in [3.63, 3.8) is 0 Å². The summed E-state index contributed by atoms with van der Waals surface area (Å²) in [6, 6.07) is 15.8. The first-order chi connectivity index (χ1) is 9.72. The number of rotatable bonds is 3. The summed E-state index contributed by atoms with van der Waals surface area (Å²) in [7, 11) is 0. The van der Waals surface area contributed by atoms with Crippen LogP contribution in [-0.4, -0.2) is 18.8 Å². The van der Waals surface area contributed by atoms with Crippen molar-refractivity contribution in [2.45, 2.75) is 18.6 Å². The maximum absolute atomic E-state index is 6.27. The van der Waals surface area contributed by atoms with Crippen LogP contribution in [0, 0.1) is 0 Å². The lowest BCUT2D eigenvalue weighted by Gasteiger charge is -2.30. The highest BCUT2D eigenvalue weighted by atomic mass is 79.9. The topological polar surface area (TPSA) is 44.5 Å². The van der Waals surface area contributed by atoms with E-state index in [1.807, 2.05) is 36.4 Å². The van der Waals surface area contributed by atoms with E-state index in [9.17, 15) is 0 Å². The van der Waals surface area contributed by atoms with Gasteiger partial charge in [-0.25, -0.2) is 0 Å². The molecule has 4 heteroatoms. The van der Waals surface area contributed by atoms with Crippen LogP contribution in [0.25, 0.3) is 0 Å². The number of para-hydroxylation sites is 2. The first-order valence-electron chi connectivity index (χ1n) is 6.61. The highest BCUT2D eigenvalue weighted by Crippen LogP contribution is 2.31. The van der Waals surface area contributed by atoms with Crippen molar-refractivity contribution in [1.29, 1.82) is 0 Å². The fourth-order valence-corrected chi connectivity index (χ4v) is 2.76. The third-order valence-corrected chi connectivity index (χ3v) is 3.86. The molecule has 0 saturated heterocycles. The zero-order valence-corrected chi connectivity index (χ0v) is 12.5. The Morgan fingerprint density at radius 2 is 1.95 bits per heavy atom. The van der Waals surface area contributed by atoms with Crippen LogP contribution in [0.15, 0.2) is 53.0 Å². The van der Waals surface area contributed by atoms with Crippen LogP contribution in [0.5, 0.6) is 11.5 Å². The van der Waals surface area contributed by atoms with Crippen LogP contribution in [0.2, 0.25) is 0 Å². The van der Waals surface area contributed by atoms with Gasteiger partial charge in [-0.15, -0.1) is 0 Å². The summed E-state index contributed by atoms with van der Waals surface area (Å²) in [5.41, 5.74) is 7.46. The molecule has 3 rings (SSSR count). The predicted octanol–water partition coefficient (Wildman–Crippen LogP) is 3.16. The van der Waals surface area contributed by atoms with Crippen LogP contribution in [-0.2, 0) is 6.42 Å². The Bertz CT molecular complexity index is 603. The summed E-state index contributed by atoms with van der Waals surface area (Å²) >= 11 is 3.47. The number of hydrogen-bond donors (Lipinski definition) is 1. The Labute approximate surface area is 126 Å². The lowest BCUT2D eigenvalue weighted by atomic mass is 10.0. The molecule has 0 radical (unpaired) electrons. The van der Waals surface area contributed by atoms with E-state index in [0.29, 0.717) is 6.61 Å². The second-order valence-electron chi connectivity index (χ2n) is 4.91. The van der Waals surface area contributed by atoms with Gasteiger partial charge in [0, 0.05) is 10.5 Å². The van der Waals surface area contributed by atoms with E-state index in [1.54, 1.807) is 0 Å². The molecule has 2 N–H and O–H groups in total. The fraction of sp³-hybridized carbons (Fsp3) is 0.250. The van der Waals surface area contributed by atoms with Crippen molar-refractivity contribution in [2.24, 2.45) is 5.73 Å². The van der Waals surface area contributed by atoms with Crippen LogP contribution in [0.4, 0.5) is 0 Å². The predicted molar refractivity (Wildman–Crippen MR) is 82.2 cm³/mol. The Kier molecular flexibility index (Phi) is 3.94. The molecule has 1 aliphatic heterocycles. The molecule has 1 aliphatic rings. The number of fused-ring (bicyclic) bond motifs is 1. The monoisotopic (exact) mass is 333 g/mol. The minimum atomic E-state index is -0.121. The number of benzene rings is 2. The van der Waals surface area contributed by atoms with Crippen molar-refractivity contribution in [3.05, 3.63) is 58.6 Å². The molecule has 2 aromatic rings. The Morgan fingerprint density at radius 3 is 2.75 bits per heavy atom. The van der Waals surface area contributed by atoms with Crippen molar-refractivity contribution in [1.82, 2.24) is 0 Å². The lowest BCUT2D eigenvalue weighted by molar-refractivity contribution is 0.0723. The minimum Gasteiger partial charge on any atom is -0.486 e. The number of halogens is 1. The molecule has 0 bridgehead atoms. The van der Waals surface area contributed by atoms with Crippen LogP contribution < -0.4 is 15.2 Å². The van der Waals surface area contributed by atoms with Crippen molar-refractivity contribution in [3.8, 4) is 11.5 Å². The molecule has 1 heterocycles. The molecule has 2 atom stereocenters. The van der Waals surface area contributed by atoms with Gasteiger partial charge in [-0.05, 0) is 36.2 Å². The lowest BCUT2D eigenvalue weighted by Crippen LogP contribution is -2.46. The second kappa shape index (κ2) is 5.85. The summed E-state index contributed by atoms with van der Waals surface area (Å²) in [5.74, 6) is 1.56. The third-order valence-electron chi connectivity index (χ3n) is 3.37. The summed E-state index contributed by atoms with van der Waals surface area (Å²) in [6.45, 7) is 0.492. The van der Waals surface area contributed by atoms with Crippen molar-refractivity contribution in [2.75, 3.05) is 6.61 Å². The number of nitrogens with two attached hydrogens (primary N) is 1. The molecular weight excluding hydrogens is 318 g/mol. The van der Waals surface area contributed by atoms with Crippen LogP contribution in [0.3, 0.4) is 0 Å². The van der Waals surface area contributed by atoms with E-state index < -0.39 is 0 Å². The summed E-state index contributed by atoms with van der Waals surface area (Å²) in [6.07, 6.45) is 0.638. The quantitative estimate of drug-likeness (QED) is 0.938. The van der Waals surface area contributed by atoms with E-state index in [0.717, 1.165) is 22.4 Å². The van der Waals surface area contributed by atoms with E-state index in [2.05, 4.69) is 28.1 Å². The zero-order chi connectivity index (χ0) is 13.9. The van der Waals surface area contributed by atoms with Crippen LogP contribution >= 0.6 is 15.9 Å². The maximum atomic E-state index is 6.27. The van der Waals surface area contributed by atoms with Gasteiger partial charge in [-0.1, -0.05) is 40.2 Å². The van der Waals surface area contributed by atoms with Crippen LogP contribution in [0.1, 0.15) is 5.56 Å². The molecule has 3 nitrogen and oxygen atoms in total. The van der Waals surface area contributed by atoms with Gasteiger partial charge in [0.1, 0.15) is 12.7 Å². The highest BCUT2D eigenvalue weighted by molar-refractivity contribution is 9.10. The van der Waals surface area contributed by atoms with E-state index in [4.69, 9.17) is 15.2 Å². The molecular formula is C16H16BrNO2. The van der Waals surface area contributed by atoms with E-state index >= 15 is 0 Å². The average Bonchev–Trinajstić information content (AvgIpc) is 2.47. The SMILES string of the molecule is N[C@H](Cc1cccc(Br)c1)[C@@H]1COc2ccccc2O1. The normalized spacial score (nSPS) is 18.6. The molecule has 104 valence electrons. The summed E-state index contributed by atoms with van der Waals surface area (Å²) in [4.78, 5) is 0. The number of ether oxygens (including phenoxy) is 2. The minimum absolute atomic E-state index is 0.0994. The Hall–Kier alpha value is -1.52. The average molecular weight is 334 g/mol. The fourth-order valence-electron chi connectivity index (χ4n) is 2.31. The van der Waals surface area contributed by atoms with Gasteiger partial charge in [-0.2, -0.15) is 0 Å². The molecule has 0 aliphatic carbocycles. The van der Waals surface area contributed by atoms with Gasteiger partial charge in [0.25, 0.3) is 0 Å². The standard InChI is InChI=1S/C16H16BrNO2/c17-12-5-3-4-11(8-12)9-13(18)16-10-19-14-6-1-2-7-15(14)20-16/h1-8,13,16H,9-10,18H2/t13-,16+/m1/s1. The molecule has 20 heavy (non-hydrogen) atoms. The first kappa shape index (κ1) is 13.5. The molecule has 0 fully saturated rings. The zero-order valence-electron chi connectivity index (χ0n) is 11.0. The summed E-state index contributed by atoms with van der Waals surface area (Å²) < 4.78 is 12.7.